The Kier molecular flexibility index (Phi) is 3.80. The van der Waals surface area contributed by atoms with Crippen molar-refractivity contribution in [1.29, 1.82) is 0 Å². The van der Waals surface area contributed by atoms with Crippen molar-refractivity contribution in [2.45, 2.75) is 25.7 Å². The van der Waals surface area contributed by atoms with Crippen molar-refractivity contribution in [2.75, 3.05) is 27.4 Å². The standard InChI is InChI=1S/C15H20O4/c1-10-11(2)13(17-3)6-5-12(10)15(8-19-9-15)7-14(16)18-4/h5-6H,7-9H2,1-4H3. The van der Waals surface area contributed by atoms with Gasteiger partial charge in [0.15, 0.2) is 0 Å². The molecular formula is C15H20O4. The van der Waals surface area contributed by atoms with E-state index in [9.17, 15) is 4.79 Å². The molecule has 0 spiro atoms. The molecule has 0 radical (unpaired) electrons. The van der Waals surface area contributed by atoms with Crippen LogP contribution in [0.5, 0.6) is 5.75 Å². The van der Waals surface area contributed by atoms with E-state index >= 15 is 0 Å². The molecule has 1 heterocycles. The van der Waals surface area contributed by atoms with Crippen LogP contribution in [0.15, 0.2) is 12.1 Å². The van der Waals surface area contributed by atoms with Gasteiger partial charge in [-0.15, -0.1) is 0 Å². The minimum absolute atomic E-state index is 0.198. The normalized spacial score (nSPS) is 16.6. The average Bonchev–Trinajstić information content (AvgIpc) is 2.37. The van der Waals surface area contributed by atoms with Crippen LogP contribution in [-0.2, 0) is 19.7 Å². The molecule has 1 fully saturated rings. The highest BCUT2D eigenvalue weighted by atomic mass is 16.5. The van der Waals surface area contributed by atoms with Gasteiger partial charge in [0.05, 0.1) is 39.3 Å². The van der Waals surface area contributed by atoms with E-state index in [-0.39, 0.29) is 11.4 Å². The fraction of sp³-hybridized carbons (Fsp3) is 0.533. The second-order valence-electron chi connectivity index (χ2n) is 5.09. The third-order valence-electron chi connectivity index (χ3n) is 4.00. The number of methoxy groups -OCH3 is 2. The lowest BCUT2D eigenvalue weighted by Gasteiger charge is -2.42. The first-order chi connectivity index (χ1) is 9.04. The highest BCUT2D eigenvalue weighted by molar-refractivity contribution is 5.72. The Hall–Kier alpha value is -1.55. The summed E-state index contributed by atoms with van der Waals surface area (Å²) >= 11 is 0. The monoisotopic (exact) mass is 264 g/mol. The minimum Gasteiger partial charge on any atom is -0.496 e. The van der Waals surface area contributed by atoms with Crippen LogP contribution < -0.4 is 4.74 Å². The molecule has 1 aliphatic rings. The fourth-order valence-corrected chi connectivity index (χ4v) is 2.64. The van der Waals surface area contributed by atoms with Crippen LogP contribution >= 0.6 is 0 Å². The topological polar surface area (TPSA) is 44.8 Å². The first-order valence-electron chi connectivity index (χ1n) is 6.33. The Morgan fingerprint density at radius 3 is 2.42 bits per heavy atom. The molecule has 0 bridgehead atoms. The lowest BCUT2D eigenvalue weighted by molar-refractivity contribution is -0.148. The lowest BCUT2D eigenvalue weighted by atomic mass is 9.73. The molecule has 1 aromatic carbocycles. The molecular weight excluding hydrogens is 244 g/mol. The van der Waals surface area contributed by atoms with Gasteiger partial charge in [0, 0.05) is 0 Å². The van der Waals surface area contributed by atoms with Crippen LogP contribution in [0.4, 0.5) is 0 Å². The van der Waals surface area contributed by atoms with Gasteiger partial charge < -0.3 is 14.2 Å². The van der Waals surface area contributed by atoms with E-state index in [0.29, 0.717) is 19.6 Å². The summed E-state index contributed by atoms with van der Waals surface area (Å²) in [6, 6.07) is 3.99. The van der Waals surface area contributed by atoms with Gasteiger partial charge in [0.25, 0.3) is 0 Å². The number of carbonyl (C=O) groups is 1. The molecule has 4 nitrogen and oxygen atoms in total. The van der Waals surface area contributed by atoms with Crippen LogP contribution in [0.1, 0.15) is 23.1 Å². The molecule has 0 N–H and O–H groups in total. The molecule has 104 valence electrons. The average molecular weight is 264 g/mol. The predicted molar refractivity (Wildman–Crippen MR) is 71.6 cm³/mol. The van der Waals surface area contributed by atoms with E-state index in [0.717, 1.165) is 22.4 Å². The third kappa shape index (κ3) is 2.32. The minimum atomic E-state index is -0.242. The Bertz CT molecular complexity index is 489. The fourth-order valence-electron chi connectivity index (χ4n) is 2.64. The predicted octanol–water partition coefficient (Wildman–Crippen LogP) is 2.14. The molecule has 0 amide bonds. The van der Waals surface area contributed by atoms with Crippen molar-refractivity contribution in [3.8, 4) is 5.75 Å². The maximum Gasteiger partial charge on any atom is 0.306 e. The molecule has 4 heteroatoms. The van der Waals surface area contributed by atoms with Crippen molar-refractivity contribution in [3.05, 3.63) is 28.8 Å². The lowest BCUT2D eigenvalue weighted by Crippen LogP contribution is -2.49. The number of carbonyl (C=O) groups excluding carboxylic acids is 1. The third-order valence-corrected chi connectivity index (χ3v) is 4.00. The Morgan fingerprint density at radius 2 is 1.95 bits per heavy atom. The zero-order chi connectivity index (χ0) is 14.0. The summed E-state index contributed by atoms with van der Waals surface area (Å²) in [5.74, 6) is 0.672. The second kappa shape index (κ2) is 5.21. The van der Waals surface area contributed by atoms with Crippen molar-refractivity contribution in [3.63, 3.8) is 0 Å². The van der Waals surface area contributed by atoms with E-state index in [2.05, 4.69) is 6.92 Å². The largest absolute Gasteiger partial charge is 0.496 e. The highest BCUT2D eigenvalue weighted by Crippen LogP contribution is 2.40. The first kappa shape index (κ1) is 13.9. The molecule has 1 saturated heterocycles. The molecule has 19 heavy (non-hydrogen) atoms. The number of benzene rings is 1. The zero-order valence-electron chi connectivity index (χ0n) is 11.9. The van der Waals surface area contributed by atoms with Gasteiger partial charge >= 0.3 is 5.97 Å². The number of hydrogen-bond donors (Lipinski definition) is 0. The van der Waals surface area contributed by atoms with Gasteiger partial charge in [0.1, 0.15) is 5.75 Å². The molecule has 0 aromatic heterocycles. The summed E-state index contributed by atoms with van der Waals surface area (Å²) in [5.41, 5.74) is 3.18. The van der Waals surface area contributed by atoms with E-state index < -0.39 is 0 Å². The van der Waals surface area contributed by atoms with Crippen LogP contribution in [0, 0.1) is 13.8 Å². The van der Waals surface area contributed by atoms with E-state index in [1.165, 1.54) is 7.11 Å². The maximum absolute atomic E-state index is 11.6. The number of hydrogen-bond acceptors (Lipinski definition) is 4. The SMILES string of the molecule is COC(=O)CC1(c2ccc(OC)c(C)c2C)COC1. The summed E-state index contributed by atoms with van der Waals surface area (Å²) in [5, 5.41) is 0. The number of rotatable bonds is 4. The highest BCUT2D eigenvalue weighted by Gasteiger charge is 2.43. The van der Waals surface area contributed by atoms with Gasteiger partial charge in [-0.05, 0) is 36.6 Å². The van der Waals surface area contributed by atoms with Crippen molar-refractivity contribution in [2.24, 2.45) is 0 Å². The zero-order valence-corrected chi connectivity index (χ0v) is 11.9. The molecule has 1 aliphatic heterocycles. The molecule has 0 atom stereocenters. The van der Waals surface area contributed by atoms with Crippen LogP contribution in [-0.4, -0.2) is 33.4 Å². The molecule has 0 saturated carbocycles. The summed E-state index contributed by atoms with van der Waals surface area (Å²) in [6.07, 6.45) is 0.357. The molecule has 1 aromatic rings. The maximum atomic E-state index is 11.6. The summed E-state index contributed by atoms with van der Waals surface area (Å²) < 4.78 is 15.5. The van der Waals surface area contributed by atoms with Gasteiger partial charge in [0.2, 0.25) is 0 Å². The summed E-state index contributed by atoms with van der Waals surface area (Å²) in [6.45, 7) is 5.22. The molecule has 0 aliphatic carbocycles. The Morgan fingerprint density at radius 1 is 1.26 bits per heavy atom. The van der Waals surface area contributed by atoms with E-state index in [1.807, 2.05) is 19.1 Å². The van der Waals surface area contributed by atoms with Crippen LogP contribution in [0.25, 0.3) is 0 Å². The first-order valence-corrected chi connectivity index (χ1v) is 6.33. The van der Waals surface area contributed by atoms with Crippen molar-refractivity contribution < 1.29 is 19.0 Å². The van der Waals surface area contributed by atoms with E-state index in [1.54, 1.807) is 7.11 Å². The smallest absolute Gasteiger partial charge is 0.306 e. The summed E-state index contributed by atoms with van der Waals surface area (Å²) in [7, 11) is 3.08. The van der Waals surface area contributed by atoms with Gasteiger partial charge in [-0.2, -0.15) is 0 Å². The van der Waals surface area contributed by atoms with Crippen LogP contribution in [0.3, 0.4) is 0 Å². The van der Waals surface area contributed by atoms with Gasteiger partial charge in [-0.3, -0.25) is 4.79 Å². The molecule has 0 unspecified atom stereocenters. The molecule has 2 rings (SSSR count). The van der Waals surface area contributed by atoms with E-state index in [4.69, 9.17) is 14.2 Å². The van der Waals surface area contributed by atoms with Crippen molar-refractivity contribution >= 4 is 5.97 Å². The van der Waals surface area contributed by atoms with Gasteiger partial charge in [-0.1, -0.05) is 6.07 Å². The van der Waals surface area contributed by atoms with Crippen LogP contribution in [0.2, 0.25) is 0 Å². The number of esters is 1. The summed E-state index contributed by atoms with van der Waals surface area (Å²) in [4.78, 5) is 11.6. The second-order valence-corrected chi connectivity index (χ2v) is 5.09. The van der Waals surface area contributed by atoms with Gasteiger partial charge in [-0.25, -0.2) is 0 Å². The Balaban J connectivity index is 2.39. The number of ether oxygens (including phenoxy) is 3. The Labute approximate surface area is 113 Å². The quantitative estimate of drug-likeness (QED) is 0.782. The van der Waals surface area contributed by atoms with Crippen molar-refractivity contribution in [1.82, 2.24) is 0 Å².